The average Bonchev–Trinajstić information content (AvgIpc) is 3.32. The van der Waals surface area contributed by atoms with E-state index in [-0.39, 0.29) is 17.7 Å². The fourth-order valence-electron chi connectivity index (χ4n) is 4.25. The van der Waals surface area contributed by atoms with Gasteiger partial charge in [-0.3, -0.25) is 14.5 Å². The molecule has 2 aliphatic heterocycles. The first-order valence-corrected chi connectivity index (χ1v) is 10.2. The fourth-order valence-corrected chi connectivity index (χ4v) is 4.25. The standard InChI is InChI=1S/C22H23N5O3/c1-25-10-11-27(20-19(25)23-17-6-2-3-7-18(17)24-20)22(29)15-5-4-9-26(13-15)21(28)16-8-12-30-14-16/h2-3,6-8,12,14-15H,4-5,9-11,13H2,1H3. The van der Waals surface area contributed by atoms with Crippen LogP contribution in [0.1, 0.15) is 23.2 Å². The van der Waals surface area contributed by atoms with Gasteiger partial charge in [0.05, 0.1) is 28.8 Å². The van der Waals surface area contributed by atoms with E-state index in [9.17, 15) is 9.59 Å². The van der Waals surface area contributed by atoms with Gasteiger partial charge in [-0.1, -0.05) is 12.1 Å². The van der Waals surface area contributed by atoms with Gasteiger partial charge in [0, 0.05) is 33.2 Å². The van der Waals surface area contributed by atoms with Crippen LogP contribution in [0.2, 0.25) is 0 Å². The molecule has 1 unspecified atom stereocenters. The fraction of sp³-hybridized carbons (Fsp3) is 0.364. The summed E-state index contributed by atoms with van der Waals surface area (Å²) in [6.45, 7) is 2.31. The average molecular weight is 405 g/mol. The van der Waals surface area contributed by atoms with Gasteiger partial charge in [0.15, 0.2) is 11.6 Å². The smallest absolute Gasteiger partial charge is 0.257 e. The summed E-state index contributed by atoms with van der Waals surface area (Å²) in [6.07, 6.45) is 4.50. The normalized spacial score (nSPS) is 19.1. The van der Waals surface area contributed by atoms with Gasteiger partial charge in [-0.05, 0) is 31.0 Å². The number of rotatable bonds is 2. The molecule has 154 valence electrons. The van der Waals surface area contributed by atoms with Gasteiger partial charge in [0.25, 0.3) is 5.91 Å². The Morgan fingerprint density at radius 2 is 1.80 bits per heavy atom. The predicted molar refractivity (Wildman–Crippen MR) is 112 cm³/mol. The van der Waals surface area contributed by atoms with E-state index < -0.39 is 0 Å². The number of fused-ring (bicyclic) bond motifs is 2. The van der Waals surface area contributed by atoms with Crippen molar-refractivity contribution in [2.45, 2.75) is 12.8 Å². The molecule has 2 aromatic heterocycles. The highest BCUT2D eigenvalue weighted by Gasteiger charge is 2.36. The topological polar surface area (TPSA) is 82.8 Å². The number of anilines is 2. The van der Waals surface area contributed by atoms with Crippen LogP contribution in [0.15, 0.2) is 47.3 Å². The first-order valence-electron chi connectivity index (χ1n) is 10.2. The number of para-hydroxylation sites is 2. The van der Waals surface area contributed by atoms with Crippen LogP contribution in [0.25, 0.3) is 11.0 Å². The maximum absolute atomic E-state index is 13.5. The Kier molecular flexibility index (Phi) is 4.61. The molecule has 0 bridgehead atoms. The highest BCUT2D eigenvalue weighted by Crippen LogP contribution is 2.32. The minimum absolute atomic E-state index is 0.0126. The van der Waals surface area contributed by atoms with Crippen molar-refractivity contribution in [2.75, 3.05) is 43.0 Å². The summed E-state index contributed by atoms with van der Waals surface area (Å²) in [4.78, 5) is 41.3. The SMILES string of the molecule is CN1CCN(C(=O)C2CCCN(C(=O)c3ccoc3)C2)c2nc3ccccc3nc21. The summed E-state index contributed by atoms with van der Waals surface area (Å²) in [5, 5.41) is 0. The Morgan fingerprint density at radius 3 is 2.53 bits per heavy atom. The number of hydrogen-bond donors (Lipinski definition) is 0. The number of aromatic nitrogens is 2. The van der Waals surface area contributed by atoms with Gasteiger partial charge >= 0.3 is 0 Å². The predicted octanol–water partition coefficient (Wildman–Crippen LogP) is 2.56. The van der Waals surface area contributed by atoms with E-state index in [1.165, 1.54) is 12.5 Å². The van der Waals surface area contributed by atoms with Gasteiger partial charge in [0.1, 0.15) is 6.26 Å². The van der Waals surface area contributed by atoms with Crippen LogP contribution >= 0.6 is 0 Å². The van der Waals surface area contributed by atoms with Crippen LogP contribution in [-0.4, -0.2) is 59.9 Å². The lowest BCUT2D eigenvalue weighted by Gasteiger charge is -2.38. The number of likely N-dealkylation sites (tertiary alicyclic amines) is 1. The Bertz CT molecular complexity index is 1100. The van der Waals surface area contributed by atoms with Crippen LogP contribution in [-0.2, 0) is 4.79 Å². The second-order valence-electron chi connectivity index (χ2n) is 7.87. The molecule has 4 heterocycles. The van der Waals surface area contributed by atoms with Crippen molar-refractivity contribution < 1.29 is 14.0 Å². The molecule has 1 fully saturated rings. The molecule has 3 aromatic rings. The molecule has 1 saturated heterocycles. The van der Waals surface area contributed by atoms with E-state index >= 15 is 0 Å². The summed E-state index contributed by atoms with van der Waals surface area (Å²) in [7, 11) is 1.97. The number of benzene rings is 1. The van der Waals surface area contributed by atoms with E-state index in [0.29, 0.717) is 37.6 Å². The summed E-state index contributed by atoms with van der Waals surface area (Å²) in [5.41, 5.74) is 2.10. The molecule has 8 heteroatoms. The van der Waals surface area contributed by atoms with Gasteiger partial charge < -0.3 is 14.2 Å². The minimum Gasteiger partial charge on any atom is -0.472 e. The molecule has 2 aliphatic rings. The Labute approximate surface area is 174 Å². The lowest BCUT2D eigenvalue weighted by atomic mass is 9.95. The zero-order chi connectivity index (χ0) is 20.7. The van der Waals surface area contributed by atoms with Crippen molar-refractivity contribution in [3.8, 4) is 0 Å². The summed E-state index contributed by atoms with van der Waals surface area (Å²) < 4.78 is 5.04. The van der Waals surface area contributed by atoms with Crippen LogP contribution in [0.5, 0.6) is 0 Å². The number of furan rings is 1. The van der Waals surface area contributed by atoms with Crippen molar-refractivity contribution in [3.63, 3.8) is 0 Å². The maximum atomic E-state index is 13.5. The first-order chi connectivity index (χ1) is 14.6. The molecule has 1 atom stereocenters. The van der Waals surface area contributed by atoms with Crippen molar-refractivity contribution in [2.24, 2.45) is 5.92 Å². The molecule has 2 amide bonds. The minimum atomic E-state index is -0.251. The third-order valence-corrected chi connectivity index (χ3v) is 5.90. The monoisotopic (exact) mass is 405 g/mol. The Balaban J connectivity index is 1.42. The largest absolute Gasteiger partial charge is 0.472 e. The van der Waals surface area contributed by atoms with Crippen molar-refractivity contribution in [1.82, 2.24) is 14.9 Å². The molecular formula is C22H23N5O3. The molecule has 5 rings (SSSR count). The number of carbonyl (C=O) groups is 2. The van der Waals surface area contributed by atoms with E-state index in [4.69, 9.17) is 14.4 Å². The number of amides is 2. The van der Waals surface area contributed by atoms with Crippen LogP contribution in [0, 0.1) is 5.92 Å². The highest BCUT2D eigenvalue weighted by molar-refractivity contribution is 6.00. The number of likely N-dealkylation sites (N-methyl/N-ethyl adjacent to an activating group) is 1. The Morgan fingerprint density at radius 1 is 1.03 bits per heavy atom. The second kappa shape index (κ2) is 7.44. The van der Waals surface area contributed by atoms with Gasteiger partial charge in [0.2, 0.25) is 5.91 Å². The third-order valence-electron chi connectivity index (χ3n) is 5.90. The molecule has 30 heavy (non-hydrogen) atoms. The van der Waals surface area contributed by atoms with Crippen LogP contribution in [0.4, 0.5) is 11.6 Å². The molecule has 0 saturated carbocycles. The first kappa shape index (κ1) is 18.6. The van der Waals surface area contributed by atoms with Crippen molar-refractivity contribution >= 4 is 34.5 Å². The van der Waals surface area contributed by atoms with E-state index in [1.54, 1.807) is 15.9 Å². The Hall–Kier alpha value is -3.42. The summed E-state index contributed by atoms with van der Waals surface area (Å²) in [6, 6.07) is 9.35. The molecule has 0 spiro atoms. The highest BCUT2D eigenvalue weighted by atomic mass is 16.3. The molecule has 0 aliphatic carbocycles. The summed E-state index contributed by atoms with van der Waals surface area (Å²) >= 11 is 0. The number of piperidine rings is 1. The zero-order valence-corrected chi connectivity index (χ0v) is 16.8. The number of carbonyl (C=O) groups excluding carboxylic acids is 2. The number of nitrogens with zero attached hydrogens (tertiary/aromatic N) is 5. The van der Waals surface area contributed by atoms with Crippen molar-refractivity contribution in [1.29, 1.82) is 0 Å². The molecule has 0 N–H and O–H groups in total. The van der Waals surface area contributed by atoms with E-state index in [1.807, 2.05) is 36.2 Å². The second-order valence-corrected chi connectivity index (χ2v) is 7.87. The van der Waals surface area contributed by atoms with Gasteiger partial charge in [-0.2, -0.15) is 0 Å². The molecule has 0 radical (unpaired) electrons. The quantitative estimate of drug-likeness (QED) is 0.652. The lowest BCUT2D eigenvalue weighted by Crippen LogP contribution is -2.50. The molecular weight excluding hydrogens is 382 g/mol. The molecule has 1 aromatic carbocycles. The lowest BCUT2D eigenvalue weighted by molar-refractivity contribution is -0.123. The number of hydrogen-bond acceptors (Lipinski definition) is 6. The maximum Gasteiger partial charge on any atom is 0.257 e. The zero-order valence-electron chi connectivity index (χ0n) is 16.8. The van der Waals surface area contributed by atoms with E-state index in [0.717, 1.165) is 29.7 Å². The van der Waals surface area contributed by atoms with Crippen LogP contribution in [0.3, 0.4) is 0 Å². The van der Waals surface area contributed by atoms with Gasteiger partial charge in [-0.15, -0.1) is 0 Å². The molecule has 8 nitrogen and oxygen atoms in total. The van der Waals surface area contributed by atoms with Crippen molar-refractivity contribution in [3.05, 3.63) is 48.4 Å². The van der Waals surface area contributed by atoms with Gasteiger partial charge in [-0.25, -0.2) is 9.97 Å². The summed E-state index contributed by atoms with van der Waals surface area (Å²) in [5.74, 6) is 0.990. The van der Waals surface area contributed by atoms with E-state index in [2.05, 4.69) is 0 Å². The third kappa shape index (κ3) is 3.18. The van der Waals surface area contributed by atoms with Crippen LogP contribution < -0.4 is 9.80 Å².